The van der Waals surface area contributed by atoms with E-state index in [0.29, 0.717) is 28.9 Å². The van der Waals surface area contributed by atoms with Crippen molar-refractivity contribution in [2.45, 2.75) is 32.9 Å². The minimum absolute atomic E-state index is 0.0909. The summed E-state index contributed by atoms with van der Waals surface area (Å²) in [5.41, 5.74) is 0.393. The average Bonchev–Trinajstić information content (AvgIpc) is 2.92. The zero-order chi connectivity index (χ0) is 22.5. The minimum atomic E-state index is -0.982. The van der Waals surface area contributed by atoms with Crippen LogP contribution in [0.5, 0.6) is 0 Å². The predicted molar refractivity (Wildman–Crippen MR) is 127 cm³/mol. The van der Waals surface area contributed by atoms with E-state index in [9.17, 15) is 9.59 Å². The third kappa shape index (κ3) is 3.19. The summed E-state index contributed by atoms with van der Waals surface area (Å²) in [4.78, 5) is 29.3. The number of aromatic nitrogens is 1. The summed E-state index contributed by atoms with van der Waals surface area (Å²) in [6.45, 7) is 6.05. The van der Waals surface area contributed by atoms with Gasteiger partial charge < -0.3 is 9.47 Å². The molecule has 8 heteroatoms. The van der Waals surface area contributed by atoms with Crippen molar-refractivity contribution in [2.75, 3.05) is 9.80 Å². The molecule has 1 fully saturated rings. The van der Waals surface area contributed by atoms with Crippen molar-refractivity contribution in [3.8, 4) is 6.07 Å². The zero-order valence-corrected chi connectivity index (χ0v) is 18.8. The molecule has 6 nitrogen and oxygen atoms in total. The Kier molecular flexibility index (Phi) is 5.08. The topological polar surface area (TPSA) is 69.3 Å². The molecule has 0 N–H and O–H groups in total. The lowest BCUT2D eigenvalue weighted by molar-refractivity contribution is -0.120. The van der Waals surface area contributed by atoms with Gasteiger partial charge >= 0.3 is 0 Å². The molecule has 2 heterocycles. The van der Waals surface area contributed by atoms with Gasteiger partial charge in [-0.05, 0) is 74.8 Å². The van der Waals surface area contributed by atoms with Crippen molar-refractivity contribution < 1.29 is 4.79 Å². The third-order valence-electron chi connectivity index (χ3n) is 5.56. The van der Waals surface area contributed by atoms with E-state index in [1.807, 2.05) is 31.2 Å². The van der Waals surface area contributed by atoms with E-state index < -0.39 is 5.54 Å². The summed E-state index contributed by atoms with van der Waals surface area (Å²) in [7, 11) is 0. The van der Waals surface area contributed by atoms with E-state index in [0.717, 1.165) is 5.39 Å². The Balaban J connectivity index is 1.84. The fraction of sp³-hybridized carbons (Fsp3) is 0.217. The molecule has 31 heavy (non-hydrogen) atoms. The molecule has 0 spiro atoms. The lowest BCUT2D eigenvalue weighted by atomic mass is 10.0. The van der Waals surface area contributed by atoms with Gasteiger partial charge in [0, 0.05) is 23.8 Å². The third-order valence-corrected chi connectivity index (χ3v) is 6.24. The molecule has 1 aliphatic heterocycles. The van der Waals surface area contributed by atoms with Gasteiger partial charge in [0.25, 0.3) is 11.5 Å². The van der Waals surface area contributed by atoms with Crippen LogP contribution in [0.4, 0.5) is 11.4 Å². The Hall–Kier alpha value is -3.21. The molecule has 0 atom stereocenters. The number of fused-ring (bicyclic) bond motifs is 1. The van der Waals surface area contributed by atoms with Crippen LogP contribution in [0, 0.1) is 11.3 Å². The summed E-state index contributed by atoms with van der Waals surface area (Å²) in [6.07, 6.45) is 1.77. The first-order valence-electron chi connectivity index (χ1n) is 9.72. The quantitative estimate of drug-likeness (QED) is 0.551. The van der Waals surface area contributed by atoms with Gasteiger partial charge in [-0.25, -0.2) is 0 Å². The summed E-state index contributed by atoms with van der Waals surface area (Å²) in [6, 6.07) is 14.2. The fourth-order valence-electron chi connectivity index (χ4n) is 3.85. The maximum absolute atomic E-state index is 13.3. The Bertz CT molecular complexity index is 1360. The van der Waals surface area contributed by atoms with Crippen molar-refractivity contribution in [1.29, 1.82) is 5.26 Å². The number of nitriles is 1. The molecule has 0 saturated carbocycles. The number of nitrogens with zero attached hydrogens (tertiary/aromatic N) is 4. The molecule has 0 unspecified atom stereocenters. The number of thiocarbonyl (C=S) groups is 1. The Morgan fingerprint density at radius 3 is 2.45 bits per heavy atom. The highest BCUT2D eigenvalue weighted by atomic mass is 35.5. The number of hydrogen-bond donors (Lipinski definition) is 0. The molecule has 3 aromatic rings. The second-order valence-electron chi connectivity index (χ2n) is 7.77. The molecule has 0 bridgehead atoms. The smallest absolute Gasteiger partial charge is 0.259 e. The van der Waals surface area contributed by atoms with Gasteiger partial charge in [-0.15, -0.1) is 0 Å². The monoisotopic (exact) mass is 450 g/mol. The number of aryl methyl sites for hydroxylation is 1. The van der Waals surface area contributed by atoms with Gasteiger partial charge in [-0.1, -0.05) is 17.7 Å². The number of rotatable bonds is 3. The van der Waals surface area contributed by atoms with Crippen LogP contribution in [-0.4, -0.2) is 21.1 Å². The molecule has 1 aliphatic rings. The molecule has 1 aromatic heterocycles. The highest BCUT2D eigenvalue weighted by Gasteiger charge is 2.50. The van der Waals surface area contributed by atoms with Crippen LogP contribution in [0.1, 0.15) is 26.3 Å². The van der Waals surface area contributed by atoms with E-state index >= 15 is 0 Å². The Labute approximate surface area is 189 Å². The maximum atomic E-state index is 13.3. The van der Waals surface area contributed by atoms with Crippen molar-refractivity contribution in [3.63, 3.8) is 0 Å². The van der Waals surface area contributed by atoms with Crippen LogP contribution >= 0.6 is 23.8 Å². The zero-order valence-electron chi connectivity index (χ0n) is 17.2. The molecular formula is C23H19ClN4O2S. The molecule has 0 radical (unpaired) electrons. The highest BCUT2D eigenvalue weighted by Crippen LogP contribution is 2.38. The van der Waals surface area contributed by atoms with Crippen molar-refractivity contribution >= 4 is 57.0 Å². The minimum Gasteiger partial charge on any atom is -0.315 e. The van der Waals surface area contributed by atoms with Crippen LogP contribution in [0.15, 0.2) is 53.5 Å². The van der Waals surface area contributed by atoms with E-state index in [4.69, 9.17) is 29.1 Å². The van der Waals surface area contributed by atoms with Crippen LogP contribution in [0.2, 0.25) is 5.02 Å². The van der Waals surface area contributed by atoms with E-state index in [-0.39, 0.29) is 21.6 Å². The van der Waals surface area contributed by atoms with Crippen LogP contribution in [-0.2, 0) is 11.3 Å². The number of amides is 1. The molecule has 1 amide bonds. The van der Waals surface area contributed by atoms with E-state index in [1.54, 1.807) is 53.8 Å². The molecule has 1 saturated heterocycles. The van der Waals surface area contributed by atoms with Crippen molar-refractivity contribution in [1.82, 2.24) is 4.57 Å². The number of carbonyl (C=O) groups excluding carboxylic acids is 1. The number of anilines is 2. The average molecular weight is 451 g/mol. The van der Waals surface area contributed by atoms with Gasteiger partial charge in [0.15, 0.2) is 5.11 Å². The number of halogens is 1. The van der Waals surface area contributed by atoms with Crippen LogP contribution in [0.25, 0.3) is 10.8 Å². The lowest BCUT2D eigenvalue weighted by Gasteiger charge is -2.29. The number of carbonyl (C=O) groups is 1. The first-order chi connectivity index (χ1) is 14.7. The standard InChI is InChI=1S/C23H19ClN4O2S/c1-4-26-10-9-14-5-8-17(11-18(14)20(26)29)28-22(31)27(21(30)23(28,2)3)16-7-6-15(13-25)19(24)12-16/h5-12H,4H2,1-3H3. The molecule has 4 rings (SSSR count). The Morgan fingerprint density at radius 1 is 1.10 bits per heavy atom. The number of hydrogen-bond acceptors (Lipinski definition) is 4. The van der Waals surface area contributed by atoms with E-state index in [2.05, 4.69) is 0 Å². The van der Waals surface area contributed by atoms with Gasteiger partial charge in [0.1, 0.15) is 11.6 Å². The van der Waals surface area contributed by atoms with Crippen molar-refractivity contribution in [3.05, 3.63) is 69.6 Å². The summed E-state index contributed by atoms with van der Waals surface area (Å²) < 4.78 is 1.63. The van der Waals surface area contributed by atoms with Crippen molar-refractivity contribution in [2.24, 2.45) is 0 Å². The number of pyridine rings is 1. The van der Waals surface area contributed by atoms with Gasteiger partial charge in [-0.3, -0.25) is 14.5 Å². The summed E-state index contributed by atoms with van der Waals surface area (Å²) in [5, 5.41) is 11.0. The fourth-order valence-corrected chi connectivity index (χ4v) is 4.58. The summed E-state index contributed by atoms with van der Waals surface area (Å²) >= 11 is 11.9. The molecule has 156 valence electrons. The first kappa shape index (κ1) is 21.0. The normalized spacial score (nSPS) is 15.6. The second kappa shape index (κ2) is 7.49. The van der Waals surface area contributed by atoms with Crippen LogP contribution in [0.3, 0.4) is 0 Å². The predicted octanol–water partition coefficient (Wildman–Crippen LogP) is 4.46. The van der Waals surface area contributed by atoms with Gasteiger partial charge in [-0.2, -0.15) is 5.26 Å². The largest absolute Gasteiger partial charge is 0.315 e. The van der Waals surface area contributed by atoms with Gasteiger partial charge in [0.05, 0.1) is 16.3 Å². The van der Waals surface area contributed by atoms with Gasteiger partial charge in [0.2, 0.25) is 0 Å². The molecule has 2 aromatic carbocycles. The SMILES string of the molecule is CCn1ccc2ccc(N3C(=S)N(c4ccc(C#N)c(Cl)c4)C(=O)C3(C)C)cc2c1=O. The second-order valence-corrected chi connectivity index (χ2v) is 8.54. The number of benzene rings is 2. The maximum Gasteiger partial charge on any atom is 0.259 e. The molecular weight excluding hydrogens is 432 g/mol. The lowest BCUT2D eigenvalue weighted by Crippen LogP contribution is -2.44. The highest BCUT2D eigenvalue weighted by molar-refractivity contribution is 7.81. The summed E-state index contributed by atoms with van der Waals surface area (Å²) in [5.74, 6) is -0.225. The van der Waals surface area contributed by atoms with Crippen LogP contribution < -0.4 is 15.4 Å². The molecule has 0 aliphatic carbocycles. The van der Waals surface area contributed by atoms with E-state index in [1.165, 1.54) is 4.90 Å². The first-order valence-corrected chi connectivity index (χ1v) is 10.5. The Morgan fingerprint density at radius 2 is 1.81 bits per heavy atom.